The molecule has 4 aromatic rings. The van der Waals surface area contributed by atoms with E-state index in [4.69, 9.17) is 9.47 Å². The number of rotatable bonds is 10. The predicted molar refractivity (Wildman–Crippen MR) is 147 cm³/mol. The van der Waals surface area contributed by atoms with Gasteiger partial charge < -0.3 is 14.2 Å². The molecule has 8 nitrogen and oxygen atoms in total. The lowest BCUT2D eigenvalue weighted by Gasteiger charge is -2.30. The van der Waals surface area contributed by atoms with Crippen LogP contribution in [0.3, 0.4) is 0 Å². The van der Waals surface area contributed by atoms with Crippen molar-refractivity contribution in [2.45, 2.75) is 50.2 Å². The summed E-state index contributed by atoms with van der Waals surface area (Å²) in [5, 5.41) is 0.424. The maximum Gasteiger partial charge on any atom is 0.388 e. The second-order valence-corrected chi connectivity index (χ2v) is 11.7. The van der Waals surface area contributed by atoms with Crippen LogP contribution < -0.4 is 9.47 Å². The van der Waals surface area contributed by atoms with Gasteiger partial charge in [0.15, 0.2) is 27.0 Å². The molecule has 0 spiro atoms. The van der Waals surface area contributed by atoms with E-state index in [2.05, 4.69) is 14.7 Å². The SMILES string of the molecule is CCc1ccc(Oc2cccnc2OC(F)F)c(C2(C(=O)CS(=O)(=O)c3cccc4nc(C)ccc34)CCCO2)c1. The molecule has 3 heterocycles. The van der Waals surface area contributed by atoms with Crippen molar-refractivity contribution in [3.8, 4) is 17.4 Å². The zero-order valence-corrected chi connectivity index (χ0v) is 23.3. The van der Waals surface area contributed by atoms with Crippen LogP contribution in [-0.2, 0) is 31.4 Å². The summed E-state index contributed by atoms with van der Waals surface area (Å²) in [6.45, 7) is 0.841. The normalized spacial score (nSPS) is 17.2. The van der Waals surface area contributed by atoms with Gasteiger partial charge in [0.1, 0.15) is 11.5 Å². The molecule has 0 radical (unpaired) electrons. The van der Waals surface area contributed by atoms with E-state index < -0.39 is 39.5 Å². The topological polar surface area (TPSA) is 105 Å². The first kappa shape index (κ1) is 28.6. The van der Waals surface area contributed by atoms with Crippen molar-refractivity contribution in [1.29, 1.82) is 0 Å². The summed E-state index contributed by atoms with van der Waals surface area (Å²) in [6, 6.07) is 16.2. The summed E-state index contributed by atoms with van der Waals surface area (Å²) in [6.07, 6.45) is 2.62. The van der Waals surface area contributed by atoms with Gasteiger partial charge in [0.2, 0.25) is 0 Å². The van der Waals surface area contributed by atoms with Crippen LogP contribution in [0.1, 0.15) is 36.6 Å². The van der Waals surface area contributed by atoms with E-state index in [0.717, 1.165) is 11.3 Å². The van der Waals surface area contributed by atoms with Gasteiger partial charge in [-0.15, -0.1) is 0 Å². The van der Waals surface area contributed by atoms with Gasteiger partial charge in [-0.05, 0) is 80.3 Å². The van der Waals surface area contributed by atoms with Crippen LogP contribution >= 0.6 is 0 Å². The maximum atomic E-state index is 14.1. The first-order valence-corrected chi connectivity index (χ1v) is 14.8. The minimum absolute atomic E-state index is 0.00642. The second kappa shape index (κ2) is 11.5. The number of benzene rings is 2. The van der Waals surface area contributed by atoms with Gasteiger partial charge in [0, 0.05) is 29.4 Å². The molecule has 1 saturated heterocycles. The van der Waals surface area contributed by atoms with Gasteiger partial charge in [-0.1, -0.05) is 19.1 Å². The molecule has 41 heavy (non-hydrogen) atoms. The van der Waals surface area contributed by atoms with E-state index in [1.807, 2.05) is 13.8 Å². The Bertz CT molecular complexity index is 1700. The highest BCUT2D eigenvalue weighted by atomic mass is 32.2. The van der Waals surface area contributed by atoms with Gasteiger partial charge in [0.25, 0.3) is 5.88 Å². The number of aryl methyl sites for hydroxylation is 2. The van der Waals surface area contributed by atoms with Crippen LogP contribution in [0.25, 0.3) is 10.9 Å². The van der Waals surface area contributed by atoms with E-state index in [0.29, 0.717) is 29.3 Å². The smallest absolute Gasteiger partial charge is 0.388 e. The Hall–Kier alpha value is -3.96. The molecule has 0 amide bonds. The summed E-state index contributed by atoms with van der Waals surface area (Å²) < 4.78 is 70.0. The average molecular weight is 583 g/mol. The third kappa shape index (κ3) is 5.77. The molecular formula is C30H28F2N2O6S. The van der Waals surface area contributed by atoms with Crippen molar-refractivity contribution in [2.24, 2.45) is 0 Å². The van der Waals surface area contributed by atoms with Crippen molar-refractivity contribution in [1.82, 2.24) is 9.97 Å². The van der Waals surface area contributed by atoms with E-state index in [1.54, 1.807) is 42.5 Å². The first-order valence-electron chi connectivity index (χ1n) is 13.1. The Morgan fingerprint density at radius 1 is 1.10 bits per heavy atom. The third-order valence-electron chi connectivity index (χ3n) is 7.00. The minimum atomic E-state index is -4.11. The number of sulfone groups is 1. The number of ether oxygens (including phenoxy) is 3. The Labute approximate surface area is 236 Å². The molecule has 214 valence electrons. The number of halogens is 2. The monoisotopic (exact) mass is 582 g/mol. The number of fused-ring (bicyclic) bond motifs is 1. The highest BCUT2D eigenvalue weighted by Gasteiger charge is 2.48. The summed E-state index contributed by atoms with van der Waals surface area (Å²) in [5.74, 6) is -1.84. The highest BCUT2D eigenvalue weighted by Crippen LogP contribution is 2.45. The number of Topliss-reactive ketones (excluding diaryl/α,β-unsaturated/α-hetero) is 1. The number of hydrogen-bond acceptors (Lipinski definition) is 8. The number of ketones is 1. The fraction of sp³-hybridized carbons (Fsp3) is 0.300. The summed E-state index contributed by atoms with van der Waals surface area (Å²) in [5.41, 5.74) is 0.787. The number of carbonyl (C=O) groups excluding carboxylic acids is 1. The molecule has 1 atom stereocenters. The molecule has 11 heteroatoms. The van der Waals surface area contributed by atoms with E-state index >= 15 is 0 Å². The molecule has 0 N–H and O–H groups in total. The summed E-state index contributed by atoms with van der Waals surface area (Å²) >= 11 is 0. The molecule has 1 aliphatic heterocycles. The maximum absolute atomic E-state index is 14.1. The molecular weight excluding hydrogens is 554 g/mol. The van der Waals surface area contributed by atoms with Crippen LogP contribution in [-0.4, -0.2) is 43.1 Å². The average Bonchev–Trinajstić information content (AvgIpc) is 3.45. The number of aromatic nitrogens is 2. The summed E-state index contributed by atoms with van der Waals surface area (Å²) in [7, 11) is -4.11. The molecule has 0 bridgehead atoms. The van der Waals surface area contributed by atoms with E-state index in [-0.39, 0.29) is 29.4 Å². The quantitative estimate of drug-likeness (QED) is 0.226. The highest BCUT2D eigenvalue weighted by molar-refractivity contribution is 7.92. The Balaban J connectivity index is 1.56. The molecule has 1 unspecified atom stereocenters. The molecule has 0 aliphatic carbocycles. The second-order valence-electron chi connectivity index (χ2n) is 9.71. The number of nitrogens with zero attached hydrogens (tertiary/aromatic N) is 2. The van der Waals surface area contributed by atoms with Crippen LogP contribution in [0.5, 0.6) is 17.4 Å². The number of hydrogen-bond donors (Lipinski definition) is 0. The van der Waals surface area contributed by atoms with Gasteiger partial charge >= 0.3 is 6.61 Å². The molecule has 1 fully saturated rings. The van der Waals surface area contributed by atoms with E-state index in [1.165, 1.54) is 24.4 Å². The zero-order valence-electron chi connectivity index (χ0n) is 22.5. The van der Waals surface area contributed by atoms with Gasteiger partial charge in [0.05, 0.1) is 10.4 Å². The van der Waals surface area contributed by atoms with Crippen LogP contribution in [0.15, 0.2) is 71.8 Å². The lowest BCUT2D eigenvalue weighted by Crippen LogP contribution is -2.39. The lowest BCUT2D eigenvalue weighted by atomic mass is 9.85. The van der Waals surface area contributed by atoms with Gasteiger partial charge in [-0.3, -0.25) is 9.78 Å². The van der Waals surface area contributed by atoms with Crippen molar-refractivity contribution >= 4 is 26.5 Å². The van der Waals surface area contributed by atoms with Crippen LogP contribution in [0.2, 0.25) is 0 Å². The molecule has 2 aromatic carbocycles. The lowest BCUT2D eigenvalue weighted by molar-refractivity contribution is -0.137. The van der Waals surface area contributed by atoms with Gasteiger partial charge in [-0.25, -0.2) is 13.4 Å². The minimum Gasteiger partial charge on any atom is -0.451 e. The predicted octanol–water partition coefficient (Wildman–Crippen LogP) is 5.94. The Morgan fingerprint density at radius 3 is 2.66 bits per heavy atom. The van der Waals surface area contributed by atoms with Crippen molar-refractivity contribution < 1.29 is 36.2 Å². The third-order valence-corrected chi connectivity index (χ3v) is 8.67. The van der Waals surface area contributed by atoms with Crippen LogP contribution in [0, 0.1) is 6.92 Å². The number of pyridine rings is 2. The van der Waals surface area contributed by atoms with Crippen molar-refractivity contribution in [3.05, 3.63) is 83.7 Å². The standard InChI is InChI=1S/C30H28F2N2O6S/c1-3-20-11-13-24(39-25-8-5-15-33-28(25)40-29(31)32)22(17-20)30(14-6-16-38-30)27(35)18-41(36,37)26-9-4-7-23-21(26)12-10-19(2)34-23/h4-5,7-13,15,17,29H,3,6,14,16,18H2,1-2H3. The number of carbonyl (C=O) groups is 1. The van der Waals surface area contributed by atoms with Gasteiger partial charge in [-0.2, -0.15) is 8.78 Å². The molecule has 1 aliphatic rings. The molecule has 2 aromatic heterocycles. The van der Waals surface area contributed by atoms with Crippen molar-refractivity contribution in [3.63, 3.8) is 0 Å². The fourth-order valence-corrected chi connectivity index (χ4v) is 6.56. The number of alkyl halides is 2. The Morgan fingerprint density at radius 2 is 1.93 bits per heavy atom. The summed E-state index contributed by atoms with van der Waals surface area (Å²) in [4.78, 5) is 22.3. The Kier molecular flexibility index (Phi) is 8.01. The van der Waals surface area contributed by atoms with Crippen LogP contribution in [0.4, 0.5) is 8.78 Å². The van der Waals surface area contributed by atoms with E-state index in [9.17, 15) is 22.0 Å². The molecule has 5 rings (SSSR count). The molecule has 0 saturated carbocycles. The zero-order chi connectivity index (χ0) is 29.2. The van der Waals surface area contributed by atoms with Crippen molar-refractivity contribution in [2.75, 3.05) is 12.4 Å². The first-order chi connectivity index (χ1) is 19.6. The largest absolute Gasteiger partial charge is 0.451 e. The fourth-order valence-electron chi connectivity index (χ4n) is 5.04.